The van der Waals surface area contributed by atoms with E-state index in [1.165, 1.54) is 16.5 Å². The van der Waals surface area contributed by atoms with Crippen LogP contribution in [0.4, 0.5) is 14.7 Å². The van der Waals surface area contributed by atoms with E-state index in [2.05, 4.69) is 20.5 Å². The van der Waals surface area contributed by atoms with Gasteiger partial charge in [0.1, 0.15) is 11.6 Å². The van der Waals surface area contributed by atoms with Crippen molar-refractivity contribution in [1.82, 2.24) is 19.6 Å². The van der Waals surface area contributed by atoms with Crippen LogP contribution in [0, 0.1) is 11.6 Å². The average Bonchev–Trinajstić information content (AvgIpc) is 3.03. The number of rotatable bonds is 4. The number of hydrogen-bond acceptors (Lipinski definition) is 4. The first-order valence-electron chi connectivity index (χ1n) is 7.83. The third-order valence-corrected chi connectivity index (χ3v) is 3.92. The van der Waals surface area contributed by atoms with Gasteiger partial charge in [-0.25, -0.2) is 28.1 Å². The van der Waals surface area contributed by atoms with Gasteiger partial charge in [0.2, 0.25) is 5.95 Å². The lowest BCUT2D eigenvalue weighted by molar-refractivity contribution is 0.574. The Morgan fingerprint density at radius 2 is 1.88 bits per heavy atom. The Bertz CT molecular complexity index is 1140. The minimum absolute atomic E-state index is 0.0318. The Kier molecular flexibility index (Phi) is 3.92. The molecular weight excluding hydrogens is 340 g/mol. The van der Waals surface area contributed by atoms with Crippen LogP contribution in [0.3, 0.4) is 0 Å². The molecule has 2 heterocycles. The summed E-state index contributed by atoms with van der Waals surface area (Å²) in [5, 5.41) is 9.27. The summed E-state index contributed by atoms with van der Waals surface area (Å²) < 4.78 is 28.1. The lowest BCUT2D eigenvalue weighted by Gasteiger charge is -2.10. The topological polar surface area (TPSA) is 75.1 Å². The van der Waals surface area contributed by atoms with E-state index in [1.807, 2.05) is 30.3 Å². The van der Waals surface area contributed by atoms with E-state index in [1.54, 1.807) is 6.07 Å². The number of aromatic nitrogens is 4. The fourth-order valence-corrected chi connectivity index (χ4v) is 2.64. The molecule has 2 aromatic carbocycles. The molecule has 0 saturated heterocycles. The van der Waals surface area contributed by atoms with E-state index >= 15 is 0 Å². The molecule has 0 aliphatic carbocycles. The number of fused-ring (bicyclic) bond motifs is 1. The van der Waals surface area contributed by atoms with E-state index in [9.17, 15) is 13.6 Å². The van der Waals surface area contributed by atoms with Gasteiger partial charge in [-0.05, 0) is 6.07 Å². The van der Waals surface area contributed by atoms with Crippen molar-refractivity contribution in [3.05, 3.63) is 82.3 Å². The molecule has 0 spiro atoms. The maximum atomic E-state index is 13.8. The molecule has 2 N–H and O–H groups in total. The second kappa shape index (κ2) is 6.40. The number of nitrogens with zero attached hydrogens (tertiary/aromatic N) is 3. The van der Waals surface area contributed by atoms with Gasteiger partial charge in [-0.15, -0.1) is 0 Å². The molecule has 0 aliphatic heterocycles. The van der Waals surface area contributed by atoms with Gasteiger partial charge in [-0.1, -0.05) is 36.4 Å². The summed E-state index contributed by atoms with van der Waals surface area (Å²) in [6.07, 6.45) is 0. The smallest absolute Gasteiger partial charge is 0.350 e. The molecule has 26 heavy (non-hydrogen) atoms. The summed E-state index contributed by atoms with van der Waals surface area (Å²) in [6, 6.07) is 14.4. The fourth-order valence-electron chi connectivity index (χ4n) is 2.64. The average molecular weight is 353 g/mol. The van der Waals surface area contributed by atoms with Crippen molar-refractivity contribution in [2.45, 2.75) is 6.54 Å². The number of anilines is 1. The molecule has 4 rings (SSSR count). The quantitative estimate of drug-likeness (QED) is 0.591. The standard InChI is InChI=1S/C18H13F2N5O/c19-13-7-6-12(14(20)8-13)10-21-17-22-15(11-4-2-1-3-5-11)9-16-23-24-18(26)25(16)17/h1-9H,10H2,(H,21,22)(H,24,26). The molecule has 0 saturated carbocycles. The molecule has 0 atom stereocenters. The molecular formula is C18H13F2N5O. The summed E-state index contributed by atoms with van der Waals surface area (Å²) in [6.45, 7) is 0.0318. The Hall–Kier alpha value is -3.55. The van der Waals surface area contributed by atoms with Gasteiger partial charge >= 0.3 is 5.69 Å². The molecule has 0 fully saturated rings. The number of halogens is 2. The predicted molar refractivity (Wildman–Crippen MR) is 92.7 cm³/mol. The normalized spacial score (nSPS) is 11.0. The maximum Gasteiger partial charge on any atom is 0.350 e. The zero-order chi connectivity index (χ0) is 18.1. The first-order chi connectivity index (χ1) is 12.6. The molecule has 0 amide bonds. The van der Waals surface area contributed by atoms with Crippen LogP contribution in [0.15, 0.2) is 59.4 Å². The van der Waals surface area contributed by atoms with Crippen LogP contribution >= 0.6 is 0 Å². The second-order valence-corrected chi connectivity index (χ2v) is 5.64. The van der Waals surface area contributed by atoms with Gasteiger partial charge < -0.3 is 5.32 Å². The largest absolute Gasteiger partial charge is 0.351 e. The molecule has 0 unspecified atom stereocenters. The highest BCUT2D eigenvalue weighted by Crippen LogP contribution is 2.20. The van der Waals surface area contributed by atoms with E-state index in [0.717, 1.165) is 11.6 Å². The summed E-state index contributed by atoms with van der Waals surface area (Å²) in [4.78, 5) is 16.5. The van der Waals surface area contributed by atoms with Crippen molar-refractivity contribution in [3.63, 3.8) is 0 Å². The fraction of sp³-hybridized carbons (Fsp3) is 0.0556. The SMILES string of the molecule is O=c1[nH]nc2cc(-c3ccccc3)nc(NCc3ccc(F)cc3F)n12. The van der Waals surface area contributed by atoms with Crippen molar-refractivity contribution in [2.75, 3.05) is 5.32 Å². The van der Waals surface area contributed by atoms with Crippen LogP contribution in [0.5, 0.6) is 0 Å². The highest BCUT2D eigenvalue weighted by molar-refractivity contribution is 5.65. The number of aromatic amines is 1. The van der Waals surface area contributed by atoms with Crippen LogP contribution in [-0.4, -0.2) is 19.6 Å². The number of nitrogens with one attached hydrogen (secondary N) is 2. The van der Waals surface area contributed by atoms with Crippen LogP contribution in [0.2, 0.25) is 0 Å². The second-order valence-electron chi connectivity index (χ2n) is 5.64. The van der Waals surface area contributed by atoms with Crippen molar-refractivity contribution in [3.8, 4) is 11.3 Å². The molecule has 130 valence electrons. The van der Waals surface area contributed by atoms with Crippen LogP contribution in [0.25, 0.3) is 16.9 Å². The number of H-pyrrole nitrogens is 1. The third-order valence-electron chi connectivity index (χ3n) is 3.92. The highest BCUT2D eigenvalue weighted by Gasteiger charge is 2.12. The molecule has 8 heteroatoms. The summed E-state index contributed by atoms with van der Waals surface area (Å²) >= 11 is 0. The van der Waals surface area contributed by atoms with Gasteiger partial charge in [-0.2, -0.15) is 5.10 Å². The van der Waals surface area contributed by atoms with Gasteiger partial charge in [0.15, 0.2) is 5.65 Å². The molecule has 0 aliphatic rings. The predicted octanol–water partition coefficient (Wildman–Crippen LogP) is 2.97. The molecule has 2 aromatic heterocycles. The Balaban J connectivity index is 1.75. The maximum absolute atomic E-state index is 13.8. The van der Waals surface area contributed by atoms with Gasteiger partial charge in [0.25, 0.3) is 0 Å². The number of benzene rings is 2. The number of hydrogen-bond donors (Lipinski definition) is 2. The minimum atomic E-state index is -0.674. The van der Waals surface area contributed by atoms with Gasteiger partial charge in [0, 0.05) is 29.8 Å². The third kappa shape index (κ3) is 2.92. The first kappa shape index (κ1) is 15.9. The van der Waals surface area contributed by atoms with Crippen molar-refractivity contribution < 1.29 is 8.78 Å². The first-order valence-corrected chi connectivity index (χ1v) is 7.83. The highest BCUT2D eigenvalue weighted by atomic mass is 19.1. The van der Waals surface area contributed by atoms with Gasteiger partial charge in [0.05, 0.1) is 5.69 Å². The van der Waals surface area contributed by atoms with Gasteiger partial charge in [-0.3, -0.25) is 0 Å². The monoisotopic (exact) mass is 353 g/mol. The van der Waals surface area contributed by atoms with E-state index in [4.69, 9.17) is 0 Å². The van der Waals surface area contributed by atoms with E-state index in [0.29, 0.717) is 11.3 Å². The van der Waals surface area contributed by atoms with Crippen LogP contribution < -0.4 is 11.0 Å². The van der Waals surface area contributed by atoms with Crippen molar-refractivity contribution in [2.24, 2.45) is 0 Å². The van der Waals surface area contributed by atoms with E-state index in [-0.39, 0.29) is 18.1 Å². The molecule has 0 bridgehead atoms. The molecule has 4 aromatic rings. The van der Waals surface area contributed by atoms with E-state index < -0.39 is 17.3 Å². The Labute approximate surface area is 146 Å². The molecule has 6 nitrogen and oxygen atoms in total. The summed E-state index contributed by atoms with van der Waals surface area (Å²) in [5.41, 5.74) is 1.63. The lowest BCUT2D eigenvalue weighted by Crippen LogP contribution is -2.16. The van der Waals surface area contributed by atoms with Crippen molar-refractivity contribution in [1.29, 1.82) is 0 Å². The summed E-state index contributed by atoms with van der Waals surface area (Å²) in [5.74, 6) is -1.11. The van der Waals surface area contributed by atoms with Crippen molar-refractivity contribution >= 4 is 11.6 Å². The zero-order valence-corrected chi connectivity index (χ0v) is 13.4. The zero-order valence-electron chi connectivity index (χ0n) is 13.4. The van der Waals surface area contributed by atoms with Crippen LogP contribution in [-0.2, 0) is 6.54 Å². The lowest BCUT2D eigenvalue weighted by atomic mass is 10.1. The summed E-state index contributed by atoms with van der Waals surface area (Å²) in [7, 11) is 0. The molecule has 0 radical (unpaired) electrons. The Morgan fingerprint density at radius 3 is 2.65 bits per heavy atom. The Morgan fingerprint density at radius 1 is 1.08 bits per heavy atom. The van der Waals surface area contributed by atoms with Crippen LogP contribution in [0.1, 0.15) is 5.56 Å². The minimum Gasteiger partial charge on any atom is -0.351 e.